The quantitative estimate of drug-likeness (QED) is 0.179. The number of H-pyrrole nitrogens is 2. The summed E-state index contributed by atoms with van der Waals surface area (Å²) in [4.78, 5) is 35.2. The molecule has 0 aliphatic carbocycles. The summed E-state index contributed by atoms with van der Waals surface area (Å²) in [6.07, 6.45) is 22.8. The van der Waals surface area contributed by atoms with Gasteiger partial charge in [-0.3, -0.25) is 19.9 Å². The van der Waals surface area contributed by atoms with Crippen LogP contribution < -0.4 is 0 Å². The Kier molecular flexibility index (Phi) is 7.88. The largest absolute Gasteiger partial charge is 0.354 e. The first-order chi connectivity index (χ1) is 23.8. The second kappa shape index (κ2) is 12.8. The van der Waals surface area contributed by atoms with Gasteiger partial charge in [-0.25, -0.2) is 9.97 Å². The van der Waals surface area contributed by atoms with Crippen molar-refractivity contribution in [1.29, 1.82) is 0 Å². The van der Waals surface area contributed by atoms with Crippen LogP contribution in [0.3, 0.4) is 0 Å². The maximum Gasteiger partial charge on any atom is 0.0737 e. The second-order valence-corrected chi connectivity index (χ2v) is 11.4. The molecule has 0 spiro atoms. The van der Waals surface area contributed by atoms with Crippen LogP contribution in [-0.4, -0.2) is 39.9 Å². The number of nitrogens with zero attached hydrogens (tertiary/aromatic N) is 6. The van der Waals surface area contributed by atoms with Gasteiger partial charge in [-0.05, 0) is 119 Å². The van der Waals surface area contributed by atoms with Crippen LogP contribution in [0.15, 0.2) is 122 Å². The number of nitrogens with one attached hydrogen (secondary N) is 2. The normalized spacial score (nSPS) is 11.8. The van der Waals surface area contributed by atoms with Crippen LogP contribution in [0.2, 0.25) is 0 Å². The van der Waals surface area contributed by atoms with Crippen LogP contribution >= 0.6 is 0 Å². The van der Waals surface area contributed by atoms with Crippen LogP contribution in [0.4, 0.5) is 0 Å². The van der Waals surface area contributed by atoms with E-state index in [9.17, 15) is 0 Å². The Morgan fingerprint density at radius 3 is 0.755 bits per heavy atom. The fraction of sp³-hybridized carbons (Fsp3) is 0. The van der Waals surface area contributed by atoms with Crippen LogP contribution in [0.25, 0.3) is 90.9 Å². The molecule has 0 atom stereocenters. The Bertz CT molecular complexity index is 2190. The summed E-state index contributed by atoms with van der Waals surface area (Å²) in [6.45, 7) is 0. The molecule has 9 heteroatoms. The molecule has 9 heterocycles. The zero-order chi connectivity index (χ0) is 31.9. The molecule has 0 fully saturated rings. The maximum atomic E-state index is 5.29. The first-order valence-corrected chi connectivity index (χ1v) is 15.6. The standard InChI is InChI=1S/C40H26N8.Zn/c1-2-30-38(26-11-19-42-20-12-26)32-5-6-34(47-32)40(28-15-23-44-24-16-28)36-8-7-35(48-36)39(27-13-21-43-22-14-27)33-4-3-31(46-33)37(29(1)45-30)25-9-17-41-18-10-25;/h1-24,45,48H;. The van der Waals surface area contributed by atoms with E-state index in [1.54, 1.807) is 0 Å². The van der Waals surface area contributed by atoms with Gasteiger partial charge in [0.15, 0.2) is 0 Å². The van der Waals surface area contributed by atoms with E-state index in [2.05, 4.69) is 78.5 Å². The Labute approximate surface area is 294 Å². The van der Waals surface area contributed by atoms with Crippen LogP contribution in [0.1, 0.15) is 22.8 Å². The summed E-state index contributed by atoms with van der Waals surface area (Å²) in [6, 6.07) is 24.6. The Morgan fingerprint density at radius 1 is 0.306 bits per heavy atom. The van der Waals surface area contributed by atoms with Crippen LogP contribution in [-0.2, 0) is 19.5 Å². The Morgan fingerprint density at radius 2 is 0.531 bits per heavy atom. The summed E-state index contributed by atoms with van der Waals surface area (Å²) in [5, 5.41) is 0. The molecule has 0 amide bonds. The third kappa shape index (κ3) is 5.50. The molecular weight excluding hydrogens is 658 g/mol. The van der Waals surface area contributed by atoms with Crippen molar-refractivity contribution < 1.29 is 19.5 Å². The number of rotatable bonds is 4. The van der Waals surface area contributed by atoms with Gasteiger partial charge in [-0.1, -0.05) is 0 Å². The van der Waals surface area contributed by atoms with Gasteiger partial charge in [0.1, 0.15) is 0 Å². The Balaban J connectivity index is 0.00000348. The van der Waals surface area contributed by atoms with Crippen molar-refractivity contribution in [3.05, 3.63) is 145 Å². The number of hydrogen-bond donors (Lipinski definition) is 2. The van der Waals surface area contributed by atoms with E-state index in [1.807, 2.05) is 98.1 Å². The first-order valence-electron chi connectivity index (χ1n) is 15.6. The zero-order valence-electron chi connectivity index (χ0n) is 26.2. The predicted octanol–water partition coefficient (Wildman–Crippen LogP) is 8.90. The molecule has 8 bridgehead atoms. The van der Waals surface area contributed by atoms with Gasteiger partial charge >= 0.3 is 0 Å². The molecule has 49 heavy (non-hydrogen) atoms. The smallest absolute Gasteiger partial charge is 0.0737 e. The summed E-state index contributed by atoms with van der Waals surface area (Å²) in [5.74, 6) is 0. The van der Waals surface area contributed by atoms with Crippen molar-refractivity contribution >= 4 is 46.4 Å². The zero-order valence-corrected chi connectivity index (χ0v) is 29.2. The van der Waals surface area contributed by atoms with E-state index in [0.29, 0.717) is 0 Å². The number of fused-ring (bicyclic) bond motifs is 8. The van der Waals surface area contributed by atoms with Gasteiger partial charge in [0.25, 0.3) is 0 Å². The average molecular weight is 684 g/mol. The molecule has 0 saturated carbocycles. The van der Waals surface area contributed by atoms with Crippen molar-refractivity contribution in [2.75, 3.05) is 0 Å². The predicted molar refractivity (Wildman–Crippen MR) is 192 cm³/mol. The fourth-order valence-corrected chi connectivity index (χ4v) is 6.49. The van der Waals surface area contributed by atoms with Crippen molar-refractivity contribution in [1.82, 2.24) is 39.9 Å². The fourth-order valence-electron chi connectivity index (χ4n) is 6.49. The van der Waals surface area contributed by atoms with Crippen LogP contribution in [0.5, 0.6) is 0 Å². The molecule has 2 N–H and O–H groups in total. The molecule has 0 aromatic carbocycles. The third-order valence-electron chi connectivity index (χ3n) is 8.63. The van der Waals surface area contributed by atoms with Gasteiger partial charge in [0, 0.05) is 113 Å². The van der Waals surface area contributed by atoms with Gasteiger partial charge < -0.3 is 9.97 Å². The summed E-state index contributed by atoms with van der Waals surface area (Å²) < 4.78 is 0. The first kappa shape index (κ1) is 30.2. The van der Waals surface area contributed by atoms with E-state index in [1.165, 1.54) is 0 Å². The van der Waals surface area contributed by atoms with Gasteiger partial charge in [0.05, 0.1) is 22.8 Å². The molecule has 8 nitrogen and oxygen atoms in total. The van der Waals surface area contributed by atoms with Gasteiger partial charge in [-0.15, -0.1) is 0 Å². The summed E-state index contributed by atoms with van der Waals surface area (Å²) in [5.41, 5.74) is 15.0. The van der Waals surface area contributed by atoms with Crippen molar-refractivity contribution in [3.63, 3.8) is 0 Å². The molecular formula is C40H26N8Zn. The van der Waals surface area contributed by atoms with Crippen molar-refractivity contribution in [3.8, 4) is 44.5 Å². The van der Waals surface area contributed by atoms with Gasteiger partial charge in [0.2, 0.25) is 0 Å². The SMILES string of the molecule is C1=Cc2nc1c(-c1ccncc1)c1ccc([nH]1)c(-c1ccncc1)c1nc(c(-c3ccncc3)c3ccc([nH]3)c2-c2ccncc2)C=C1.[Zn]. The molecule has 2 aliphatic heterocycles. The average Bonchev–Trinajstić information content (AvgIpc) is 3.98. The maximum absolute atomic E-state index is 5.29. The molecule has 9 rings (SSSR count). The second-order valence-electron chi connectivity index (χ2n) is 11.4. The topological polar surface area (TPSA) is 109 Å². The molecule has 7 aromatic heterocycles. The minimum atomic E-state index is 0. The number of aromatic nitrogens is 8. The number of hydrogen-bond acceptors (Lipinski definition) is 6. The van der Waals surface area contributed by atoms with Crippen molar-refractivity contribution in [2.24, 2.45) is 0 Å². The van der Waals surface area contributed by atoms with E-state index in [4.69, 9.17) is 9.97 Å². The van der Waals surface area contributed by atoms with Gasteiger partial charge in [-0.2, -0.15) is 0 Å². The summed E-state index contributed by atoms with van der Waals surface area (Å²) in [7, 11) is 0. The third-order valence-corrected chi connectivity index (χ3v) is 8.63. The van der Waals surface area contributed by atoms with E-state index in [0.717, 1.165) is 89.4 Å². The number of pyridine rings is 4. The minimum absolute atomic E-state index is 0. The molecule has 2 aliphatic rings. The van der Waals surface area contributed by atoms with Crippen molar-refractivity contribution in [2.45, 2.75) is 0 Å². The van der Waals surface area contributed by atoms with E-state index < -0.39 is 0 Å². The Hall–Kier alpha value is -6.18. The molecule has 7 aromatic rings. The molecule has 0 unspecified atom stereocenters. The number of aromatic amines is 2. The summed E-state index contributed by atoms with van der Waals surface area (Å²) >= 11 is 0. The molecule has 0 saturated heterocycles. The minimum Gasteiger partial charge on any atom is -0.354 e. The van der Waals surface area contributed by atoms with E-state index in [-0.39, 0.29) is 19.5 Å². The van der Waals surface area contributed by atoms with Crippen LogP contribution in [0, 0.1) is 0 Å². The van der Waals surface area contributed by atoms with E-state index >= 15 is 0 Å². The molecule has 0 radical (unpaired) electrons. The monoisotopic (exact) mass is 682 g/mol. The molecule has 228 valence electrons.